The Morgan fingerprint density at radius 1 is 1.15 bits per heavy atom. The van der Waals surface area contributed by atoms with Crippen LogP contribution < -0.4 is 4.72 Å². The normalized spacial score (nSPS) is 16.7. The molecule has 40 heavy (non-hydrogen) atoms. The van der Waals surface area contributed by atoms with Gasteiger partial charge >= 0.3 is 6.18 Å². The van der Waals surface area contributed by atoms with Crippen LogP contribution in [-0.2, 0) is 17.5 Å². The molecule has 1 amide bonds. The number of aliphatic imine (C=N–C) groups is 1. The number of aryl methyl sites for hydroxylation is 1. The van der Waals surface area contributed by atoms with Crippen LogP contribution in [0.1, 0.15) is 68.7 Å². The highest BCUT2D eigenvalue weighted by Gasteiger charge is 2.49. The van der Waals surface area contributed by atoms with Crippen LogP contribution in [0, 0.1) is 10.5 Å². The van der Waals surface area contributed by atoms with Gasteiger partial charge in [0, 0.05) is 11.3 Å². The molecule has 1 N–H and O–H groups in total. The largest absolute Gasteiger partial charge is 0.417 e. The molecule has 212 valence electrons. The van der Waals surface area contributed by atoms with Gasteiger partial charge in [-0.15, -0.1) is 0 Å². The molecule has 0 atom stereocenters. The molecule has 5 rings (SSSR count). The fraction of sp³-hybridized carbons (Fsp3) is 0.414. The quantitative estimate of drug-likeness (QED) is 0.181. The molecule has 1 spiro atoms. The van der Waals surface area contributed by atoms with Crippen LogP contribution in [0.25, 0.3) is 11.1 Å². The van der Waals surface area contributed by atoms with Crippen molar-refractivity contribution >= 4 is 52.2 Å². The lowest BCUT2D eigenvalue weighted by Gasteiger charge is -2.24. The van der Waals surface area contributed by atoms with E-state index in [9.17, 15) is 18.0 Å². The summed E-state index contributed by atoms with van der Waals surface area (Å²) in [6.07, 6.45) is 1.18. The second-order valence-corrected chi connectivity index (χ2v) is 12.2. The number of amides is 1. The third kappa shape index (κ3) is 5.77. The Balaban J connectivity index is 1.45. The standard InChI is InChI=1S/C29H30F3IN4O2S/c1-3-4-11-24-34-28(14-7-8-15-28)27(38)37(24)17-19-12-13-20(22(16-19)29(30,31)32)21-9-5-6-10-23(21)40-36-26-25(33)18(2)35-39-26/h5-6,9-10,12-13,16,36H,3-4,7-8,11,14-15,17H2,1-2H3. The number of carbonyl (C=O) groups is 1. The Bertz CT molecular complexity index is 1430. The second-order valence-electron chi connectivity index (χ2n) is 10.3. The number of nitrogens with one attached hydrogen (secondary N) is 1. The van der Waals surface area contributed by atoms with Gasteiger partial charge in [0.15, 0.2) is 0 Å². The maximum atomic E-state index is 14.5. The number of amidine groups is 1. The van der Waals surface area contributed by atoms with Crippen molar-refractivity contribution in [2.24, 2.45) is 4.99 Å². The Labute approximate surface area is 249 Å². The fourth-order valence-electron chi connectivity index (χ4n) is 5.34. The van der Waals surface area contributed by atoms with Gasteiger partial charge in [0.05, 0.1) is 17.8 Å². The van der Waals surface area contributed by atoms with Crippen molar-refractivity contribution in [1.82, 2.24) is 10.1 Å². The van der Waals surface area contributed by atoms with Gasteiger partial charge < -0.3 is 4.52 Å². The lowest BCUT2D eigenvalue weighted by Crippen LogP contribution is -2.40. The molecular weight excluding hydrogens is 652 g/mol. The molecule has 1 aliphatic carbocycles. The first kappa shape index (κ1) is 29.0. The lowest BCUT2D eigenvalue weighted by atomic mass is 9.96. The van der Waals surface area contributed by atoms with E-state index in [1.54, 1.807) is 35.2 Å². The van der Waals surface area contributed by atoms with Gasteiger partial charge in [-0.05, 0) is 89.5 Å². The van der Waals surface area contributed by atoms with Gasteiger partial charge in [0.25, 0.3) is 5.91 Å². The minimum Gasteiger partial charge on any atom is -0.337 e. The summed E-state index contributed by atoms with van der Waals surface area (Å²) in [6, 6.07) is 11.3. The van der Waals surface area contributed by atoms with E-state index in [1.807, 2.05) is 6.92 Å². The minimum atomic E-state index is -4.59. The first-order chi connectivity index (χ1) is 19.1. The van der Waals surface area contributed by atoms with E-state index in [0.29, 0.717) is 47.0 Å². The average molecular weight is 683 g/mol. The summed E-state index contributed by atoms with van der Waals surface area (Å²) in [7, 11) is 0. The van der Waals surface area contributed by atoms with Crippen molar-refractivity contribution in [3.05, 3.63) is 62.9 Å². The van der Waals surface area contributed by atoms with E-state index in [4.69, 9.17) is 9.52 Å². The fourth-order valence-corrected chi connectivity index (χ4v) is 6.63. The van der Waals surface area contributed by atoms with Crippen molar-refractivity contribution in [3.63, 3.8) is 0 Å². The third-order valence-electron chi connectivity index (χ3n) is 7.43. The third-order valence-corrected chi connectivity index (χ3v) is 9.57. The Morgan fingerprint density at radius 3 is 2.58 bits per heavy atom. The molecule has 2 aliphatic rings. The van der Waals surface area contributed by atoms with Crippen molar-refractivity contribution in [3.8, 4) is 11.1 Å². The van der Waals surface area contributed by atoms with Crippen LogP contribution >= 0.6 is 34.5 Å². The number of anilines is 1. The topological polar surface area (TPSA) is 70.7 Å². The molecule has 0 radical (unpaired) electrons. The maximum absolute atomic E-state index is 14.5. The van der Waals surface area contributed by atoms with Gasteiger partial charge in [0.2, 0.25) is 5.88 Å². The Morgan fingerprint density at radius 2 is 1.90 bits per heavy atom. The molecule has 0 saturated heterocycles. The highest BCUT2D eigenvalue weighted by Crippen LogP contribution is 2.43. The Kier molecular flexibility index (Phi) is 8.51. The summed E-state index contributed by atoms with van der Waals surface area (Å²) in [4.78, 5) is 20.6. The molecule has 1 saturated carbocycles. The number of hydrogen-bond acceptors (Lipinski definition) is 6. The van der Waals surface area contributed by atoms with E-state index < -0.39 is 17.3 Å². The van der Waals surface area contributed by atoms with Crippen molar-refractivity contribution in [2.75, 3.05) is 4.72 Å². The van der Waals surface area contributed by atoms with E-state index in [0.717, 1.165) is 34.9 Å². The monoisotopic (exact) mass is 682 g/mol. The van der Waals surface area contributed by atoms with Crippen LogP contribution in [0.3, 0.4) is 0 Å². The molecule has 2 heterocycles. The molecule has 6 nitrogen and oxygen atoms in total. The van der Waals surface area contributed by atoms with E-state index in [2.05, 4.69) is 39.4 Å². The first-order valence-electron chi connectivity index (χ1n) is 13.4. The zero-order valence-corrected chi connectivity index (χ0v) is 25.3. The highest BCUT2D eigenvalue weighted by molar-refractivity contribution is 14.1. The Hall–Kier alpha value is -2.54. The van der Waals surface area contributed by atoms with Gasteiger partial charge in [0.1, 0.15) is 14.9 Å². The summed E-state index contributed by atoms with van der Waals surface area (Å²) in [5, 5.41) is 3.91. The summed E-state index contributed by atoms with van der Waals surface area (Å²) >= 11 is 3.27. The van der Waals surface area contributed by atoms with E-state index >= 15 is 0 Å². The van der Waals surface area contributed by atoms with E-state index in [-0.39, 0.29) is 18.0 Å². The number of nitrogens with zero attached hydrogens (tertiary/aromatic N) is 3. The molecule has 1 aromatic heterocycles. The van der Waals surface area contributed by atoms with Crippen LogP contribution in [0.15, 0.2) is 56.9 Å². The molecule has 0 unspecified atom stereocenters. The molecular formula is C29H30F3IN4O2S. The summed E-state index contributed by atoms with van der Waals surface area (Å²) in [5.74, 6) is 1.08. The number of unbranched alkanes of at least 4 members (excludes halogenated alkanes) is 1. The number of hydrogen-bond donors (Lipinski definition) is 1. The van der Waals surface area contributed by atoms with Gasteiger partial charge in [-0.25, -0.2) is 0 Å². The summed E-state index contributed by atoms with van der Waals surface area (Å²) in [5.41, 5.74) is 0.210. The number of benzene rings is 2. The highest BCUT2D eigenvalue weighted by atomic mass is 127. The predicted molar refractivity (Wildman–Crippen MR) is 159 cm³/mol. The van der Waals surface area contributed by atoms with Crippen molar-refractivity contribution in [1.29, 1.82) is 0 Å². The molecule has 1 aliphatic heterocycles. The van der Waals surface area contributed by atoms with Crippen LogP contribution in [0.4, 0.5) is 19.1 Å². The van der Waals surface area contributed by atoms with Crippen molar-refractivity contribution in [2.45, 2.75) is 81.9 Å². The minimum absolute atomic E-state index is 0.0705. The zero-order chi connectivity index (χ0) is 28.5. The van der Waals surface area contributed by atoms with Crippen LogP contribution in [-0.4, -0.2) is 27.3 Å². The van der Waals surface area contributed by atoms with Crippen LogP contribution in [0.5, 0.6) is 0 Å². The van der Waals surface area contributed by atoms with Gasteiger partial charge in [-0.3, -0.25) is 19.4 Å². The smallest absolute Gasteiger partial charge is 0.337 e. The van der Waals surface area contributed by atoms with Gasteiger partial charge in [-0.2, -0.15) is 13.2 Å². The summed E-state index contributed by atoms with van der Waals surface area (Å²) in [6.45, 7) is 3.96. The van der Waals surface area contributed by atoms with Crippen LogP contribution in [0.2, 0.25) is 0 Å². The first-order valence-corrected chi connectivity index (χ1v) is 15.3. The number of carbonyl (C=O) groups excluding carboxylic acids is 1. The number of halogens is 4. The lowest BCUT2D eigenvalue weighted by molar-refractivity contribution is -0.137. The number of rotatable bonds is 9. The molecule has 2 aromatic carbocycles. The molecule has 3 aromatic rings. The SMILES string of the molecule is CCCCC1=NC2(CCCC2)C(=O)N1Cc1ccc(-c2ccccc2SNc2onc(C)c2I)c(C(F)(F)F)c1. The molecule has 0 bridgehead atoms. The predicted octanol–water partition coefficient (Wildman–Crippen LogP) is 8.64. The number of alkyl halides is 3. The maximum Gasteiger partial charge on any atom is 0.417 e. The number of aromatic nitrogens is 1. The molecule has 1 fully saturated rings. The summed E-state index contributed by atoms with van der Waals surface area (Å²) < 4.78 is 52.6. The molecule has 11 heteroatoms. The average Bonchev–Trinajstić information content (AvgIpc) is 3.61. The zero-order valence-electron chi connectivity index (χ0n) is 22.3. The van der Waals surface area contributed by atoms with E-state index in [1.165, 1.54) is 24.1 Å². The van der Waals surface area contributed by atoms with Crippen molar-refractivity contribution < 1.29 is 22.5 Å². The second kappa shape index (κ2) is 11.8. The van der Waals surface area contributed by atoms with Gasteiger partial charge in [-0.1, -0.05) is 61.7 Å².